The van der Waals surface area contributed by atoms with Crippen molar-refractivity contribution in [2.45, 2.75) is 0 Å². The molecule has 0 saturated heterocycles. The molecular formula is C21H17BrN2O2. The molecule has 4 nitrogen and oxygen atoms in total. The number of hydrogen-bond acceptors (Lipinski definition) is 3. The average molecular weight is 409 g/mol. The molecule has 0 radical (unpaired) electrons. The summed E-state index contributed by atoms with van der Waals surface area (Å²) in [5.74, 6) is 0.319. The second-order valence-corrected chi connectivity index (χ2v) is 6.44. The zero-order valence-electron chi connectivity index (χ0n) is 13.9. The van der Waals surface area contributed by atoms with Gasteiger partial charge >= 0.3 is 0 Å². The van der Waals surface area contributed by atoms with Crippen LogP contribution in [0.25, 0.3) is 11.1 Å². The Morgan fingerprint density at radius 1 is 0.962 bits per heavy atom. The van der Waals surface area contributed by atoms with Crippen molar-refractivity contribution in [3.63, 3.8) is 0 Å². The minimum Gasteiger partial charge on any atom is -0.484 e. The van der Waals surface area contributed by atoms with E-state index in [1.807, 2.05) is 78.9 Å². The third kappa shape index (κ3) is 5.29. The van der Waals surface area contributed by atoms with Gasteiger partial charge in [-0.05, 0) is 41.0 Å². The van der Waals surface area contributed by atoms with E-state index in [0.717, 1.165) is 21.2 Å². The number of carbonyl (C=O) groups excluding carboxylic acids is 1. The van der Waals surface area contributed by atoms with Crippen LogP contribution in [0.1, 0.15) is 5.56 Å². The summed E-state index contributed by atoms with van der Waals surface area (Å²) in [5.41, 5.74) is 5.57. The fourth-order valence-electron chi connectivity index (χ4n) is 2.32. The highest BCUT2D eigenvalue weighted by atomic mass is 79.9. The highest BCUT2D eigenvalue weighted by Gasteiger charge is 2.02. The summed E-state index contributed by atoms with van der Waals surface area (Å²) in [6.07, 6.45) is 1.58. The first-order chi connectivity index (χ1) is 12.7. The van der Waals surface area contributed by atoms with Gasteiger partial charge in [0.15, 0.2) is 6.61 Å². The number of rotatable bonds is 6. The lowest BCUT2D eigenvalue weighted by Gasteiger charge is -2.06. The molecule has 3 aromatic rings. The lowest BCUT2D eigenvalue weighted by atomic mass is 10.1. The van der Waals surface area contributed by atoms with E-state index in [-0.39, 0.29) is 12.5 Å². The number of hydrazone groups is 1. The standard InChI is InChI=1S/C21H17BrN2O2/c22-19-8-4-5-16(13-19)14-23-24-21(25)15-26-20-11-9-18(10-12-20)17-6-2-1-3-7-17/h1-14H,15H2,(H,24,25). The lowest BCUT2D eigenvalue weighted by molar-refractivity contribution is -0.123. The Morgan fingerprint density at radius 2 is 1.69 bits per heavy atom. The van der Waals surface area contributed by atoms with Crippen LogP contribution in [0.15, 0.2) is 88.4 Å². The molecule has 0 aliphatic heterocycles. The maximum Gasteiger partial charge on any atom is 0.277 e. The first kappa shape index (κ1) is 17.9. The lowest BCUT2D eigenvalue weighted by Crippen LogP contribution is -2.24. The first-order valence-corrected chi connectivity index (χ1v) is 8.86. The molecule has 1 amide bonds. The van der Waals surface area contributed by atoms with Gasteiger partial charge < -0.3 is 4.74 Å². The Bertz CT molecular complexity index is 893. The molecule has 0 aliphatic rings. The van der Waals surface area contributed by atoms with Crippen LogP contribution in [0.3, 0.4) is 0 Å². The van der Waals surface area contributed by atoms with Crippen LogP contribution in [0.5, 0.6) is 5.75 Å². The molecule has 0 bridgehead atoms. The number of carbonyl (C=O) groups is 1. The quantitative estimate of drug-likeness (QED) is 0.476. The summed E-state index contributed by atoms with van der Waals surface area (Å²) in [6.45, 7) is -0.0967. The highest BCUT2D eigenvalue weighted by molar-refractivity contribution is 9.10. The summed E-state index contributed by atoms with van der Waals surface area (Å²) < 4.78 is 6.44. The van der Waals surface area contributed by atoms with Gasteiger partial charge in [0.05, 0.1) is 6.21 Å². The molecular weight excluding hydrogens is 392 g/mol. The monoisotopic (exact) mass is 408 g/mol. The van der Waals surface area contributed by atoms with E-state index >= 15 is 0 Å². The maximum absolute atomic E-state index is 11.8. The van der Waals surface area contributed by atoms with Crippen molar-refractivity contribution in [1.82, 2.24) is 5.43 Å². The molecule has 0 fully saturated rings. The maximum atomic E-state index is 11.8. The van der Waals surface area contributed by atoms with Gasteiger partial charge in [0.2, 0.25) is 0 Å². The van der Waals surface area contributed by atoms with Crippen molar-refractivity contribution in [3.05, 3.63) is 88.9 Å². The van der Waals surface area contributed by atoms with Crippen LogP contribution in [-0.4, -0.2) is 18.7 Å². The average Bonchev–Trinajstić information content (AvgIpc) is 2.68. The molecule has 26 heavy (non-hydrogen) atoms. The van der Waals surface area contributed by atoms with Crippen molar-refractivity contribution in [2.24, 2.45) is 5.10 Å². The van der Waals surface area contributed by atoms with E-state index in [4.69, 9.17) is 4.74 Å². The fraction of sp³-hybridized carbons (Fsp3) is 0.0476. The van der Waals surface area contributed by atoms with Crippen molar-refractivity contribution >= 4 is 28.1 Å². The Hall–Kier alpha value is -2.92. The predicted octanol–water partition coefficient (Wildman–Crippen LogP) is 4.65. The molecule has 3 aromatic carbocycles. The Balaban J connectivity index is 1.48. The van der Waals surface area contributed by atoms with Crippen LogP contribution >= 0.6 is 15.9 Å². The molecule has 5 heteroatoms. The number of hydrogen-bond donors (Lipinski definition) is 1. The van der Waals surface area contributed by atoms with Gasteiger partial charge in [0.25, 0.3) is 5.91 Å². The molecule has 0 aliphatic carbocycles. The highest BCUT2D eigenvalue weighted by Crippen LogP contribution is 2.21. The van der Waals surface area contributed by atoms with E-state index in [2.05, 4.69) is 26.5 Å². The molecule has 3 rings (SSSR count). The molecule has 0 aromatic heterocycles. The van der Waals surface area contributed by atoms with Crippen molar-refractivity contribution in [1.29, 1.82) is 0 Å². The smallest absolute Gasteiger partial charge is 0.277 e. The van der Waals surface area contributed by atoms with Crippen LogP contribution in [-0.2, 0) is 4.79 Å². The molecule has 1 N–H and O–H groups in total. The van der Waals surface area contributed by atoms with E-state index in [0.29, 0.717) is 5.75 Å². The van der Waals surface area contributed by atoms with Crippen LogP contribution in [0, 0.1) is 0 Å². The number of amides is 1. The zero-order chi connectivity index (χ0) is 18.2. The summed E-state index contributed by atoms with van der Waals surface area (Å²) in [7, 11) is 0. The molecule has 0 atom stereocenters. The van der Waals surface area contributed by atoms with Crippen LogP contribution < -0.4 is 10.2 Å². The second-order valence-electron chi connectivity index (χ2n) is 5.53. The second kappa shape index (κ2) is 8.97. The summed E-state index contributed by atoms with van der Waals surface area (Å²) in [5, 5.41) is 3.92. The van der Waals surface area contributed by atoms with Crippen molar-refractivity contribution in [2.75, 3.05) is 6.61 Å². The van der Waals surface area contributed by atoms with Crippen LogP contribution in [0.4, 0.5) is 0 Å². The van der Waals surface area contributed by atoms with Gasteiger partial charge in [-0.3, -0.25) is 4.79 Å². The SMILES string of the molecule is O=C(COc1ccc(-c2ccccc2)cc1)NN=Cc1cccc(Br)c1. The van der Waals surface area contributed by atoms with Gasteiger partial charge in [-0.15, -0.1) is 0 Å². The van der Waals surface area contributed by atoms with Gasteiger partial charge in [-0.25, -0.2) is 5.43 Å². The Morgan fingerprint density at radius 3 is 2.42 bits per heavy atom. The van der Waals surface area contributed by atoms with Crippen molar-refractivity contribution in [3.8, 4) is 16.9 Å². The minimum absolute atomic E-state index is 0.0967. The first-order valence-electron chi connectivity index (χ1n) is 8.06. The summed E-state index contributed by atoms with van der Waals surface area (Å²) in [4.78, 5) is 11.8. The Labute approximate surface area is 160 Å². The fourth-order valence-corrected chi connectivity index (χ4v) is 2.74. The zero-order valence-corrected chi connectivity index (χ0v) is 15.5. The summed E-state index contributed by atoms with van der Waals surface area (Å²) >= 11 is 3.38. The number of halogens is 1. The minimum atomic E-state index is -0.316. The van der Waals surface area contributed by atoms with Crippen molar-refractivity contribution < 1.29 is 9.53 Å². The van der Waals surface area contributed by atoms with E-state index < -0.39 is 0 Å². The van der Waals surface area contributed by atoms with E-state index in [1.54, 1.807) is 6.21 Å². The number of benzene rings is 3. The number of nitrogens with one attached hydrogen (secondary N) is 1. The third-order valence-corrected chi connectivity index (χ3v) is 4.08. The molecule has 0 unspecified atom stereocenters. The number of ether oxygens (including phenoxy) is 1. The predicted molar refractivity (Wildman–Crippen MR) is 107 cm³/mol. The largest absolute Gasteiger partial charge is 0.484 e. The Kier molecular flexibility index (Phi) is 6.17. The normalized spacial score (nSPS) is 10.7. The molecule has 130 valence electrons. The van der Waals surface area contributed by atoms with E-state index in [1.165, 1.54) is 0 Å². The summed E-state index contributed by atoms with van der Waals surface area (Å²) in [6, 6.07) is 25.3. The van der Waals surface area contributed by atoms with Gasteiger partial charge in [0, 0.05) is 4.47 Å². The van der Waals surface area contributed by atoms with Gasteiger partial charge in [-0.1, -0.05) is 70.5 Å². The molecule has 0 saturated carbocycles. The third-order valence-electron chi connectivity index (χ3n) is 3.58. The van der Waals surface area contributed by atoms with Gasteiger partial charge in [-0.2, -0.15) is 5.10 Å². The molecule has 0 spiro atoms. The van der Waals surface area contributed by atoms with Crippen LogP contribution in [0.2, 0.25) is 0 Å². The van der Waals surface area contributed by atoms with E-state index in [9.17, 15) is 4.79 Å². The molecule has 0 heterocycles. The van der Waals surface area contributed by atoms with Gasteiger partial charge in [0.1, 0.15) is 5.75 Å². The topological polar surface area (TPSA) is 50.7 Å². The number of nitrogens with zero attached hydrogens (tertiary/aromatic N) is 1.